The van der Waals surface area contributed by atoms with Gasteiger partial charge in [-0.25, -0.2) is 0 Å². The number of aliphatic carboxylic acids is 1. The van der Waals surface area contributed by atoms with Gasteiger partial charge in [-0.15, -0.1) is 0 Å². The number of piperidine rings is 1. The average Bonchev–Trinajstić information content (AvgIpc) is 2.48. The average molecular weight is 290 g/mol. The van der Waals surface area contributed by atoms with Gasteiger partial charge in [-0.3, -0.25) is 14.7 Å². The predicted molar refractivity (Wildman–Crippen MR) is 83.2 cm³/mol. The second-order valence-corrected chi connectivity index (χ2v) is 5.95. The summed E-state index contributed by atoms with van der Waals surface area (Å²) >= 11 is 0. The topological polar surface area (TPSA) is 53.4 Å². The fraction of sp³-hybridized carbons (Fsp3) is 0.647. The molecule has 1 saturated heterocycles. The fourth-order valence-corrected chi connectivity index (χ4v) is 3.22. The van der Waals surface area contributed by atoms with Crippen LogP contribution in [0.3, 0.4) is 0 Å². The highest BCUT2D eigenvalue weighted by atomic mass is 16.4. The molecule has 1 fully saturated rings. The molecule has 1 aromatic rings. The van der Waals surface area contributed by atoms with E-state index in [1.165, 1.54) is 0 Å². The third-order valence-electron chi connectivity index (χ3n) is 4.31. The number of pyridine rings is 1. The van der Waals surface area contributed by atoms with Gasteiger partial charge in [0, 0.05) is 5.69 Å². The Hall–Kier alpha value is -1.42. The van der Waals surface area contributed by atoms with Gasteiger partial charge in [-0.05, 0) is 44.9 Å². The Morgan fingerprint density at radius 2 is 2.29 bits per heavy atom. The van der Waals surface area contributed by atoms with E-state index in [0.29, 0.717) is 0 Å². The highest BCUT2D eigenvalue weighted by molar-refractivity contribution is 5.73. The molecule has 116 valence electrons. The molecule has 21 heavy (non-hydrogen) atoms. The molecule has 2 heterocycles. The summed E-state index contributed by atoms with van der Waals surface area (Å²) in [5, 5.41) is 9.52. The summed E-state index contributed by atoms with van der Waals surface area (Å²) in [5.74, 6) is -0.691. The van der Waals surface area contributed by atoms with Crippen LogP contribution >= 0.6 is 0 Å². The molecule has 2 rings (SSSR count). The molecule has 0 bridgehead atoms. The van der Waals surface area contributed by atoms with E-state index < -0.39 is 5.97 Å². The molecule has 1 aliphatic rings. The monoisotopic (exact) mass is 290 g/mol. The van der Waals surface area contributed by atoms with Gasteiger partial charge in [-0.2, -0.15) is 0 Å². The lowest BCUT2D eigenvalue weighted by molar-refractivity contribution is -0.146. The minimum Gasteiger partial charge on any atom is -0.480 e. The summed E-state index contributed by atoms with van der Waals surface area (Å²) < 4.78 is 0. The van der Waals surface area contributed by atoms with E-state index >= 15 is 0 Å². The van der Waals surface area contributed by atoms with Crippen LogP contribution in [0.4, 0.5) is 0 Å². The molecule has 0 aromatic carbocycles. The van der Waals surface area contributed by atoms with E-state index in [1.54, 1.807) is 0 Å². The minimum absolute atomic E-state index is 0.131. The zero-order valence-electron chi connectivity index (χ0n) is 13.1. The first-order valence-electron chi connectivity index (χ1n) is 8.05. The standard InChI is InChI=1S/C17H26N2O2/c1-3-4-10-15(14-9-7-8-13(2)18-14)19-12-6-5-11-16(19)17(20)21/h7-9,15-16H,3-6,10-12H2,1-2H3,(H,20,21). The molecule has 4 nitrogen and oxygen atoms in total. The summed E-state index contributed by atoms with van der Waals surface area (Å²) in [4.78, 5) is 18.4. The normalized spacial score (nSPS) is 21.1. The van der Waals surface area contributed by atoms with Gasteiger partial charge in [0.1, 0.15) is 6.04 Å². The lowest BCUT2D eigenvalue weighted by Gasteiger charge is -2.39. The largest absolute Gasteiger partial charge is 0.480 e. The SMILES string of the molecule is CCCCC(c1cccc(C)n1)N1CCCCC1C(=O)O. The van der Waals surface area contributed by atoms with E-state index in [0.717, 1.165) is 56.5 Å². The van der Waals surface area contributed by atoms with Crippen LogP contribution < -0.4 is 0 Å². The highest BCUT2D eigenvalue weighted by Gasteiger charge is 2.34. The second kappa shape index (κ2) is 7.55. The molecule has 0 aliphatic carbocycles. The maximum Gasteiger partial charge on any atom is 0.320 e. The second-order valence-electron chi connectivity index (χ2n) is 5.95. The number of likely N-dealkylation sites (tertiary alicyclic amines) is 1. The highest BCUT2D eigenvalue weighted by Crippen LogP contribution is 2.31. The molecule has 0 spiro atoms. The van der Waals surface area contributed by atoms with Crippen molar-refractivity contribution in [2.24, 2.45) is 0 Å². The molecule has 4 heteroatoms. The number of aryl methyl sites for hydroxylation is 1. The molecule has 2 unspecified atom stereocenters. The van der Waals surface area contributed by atoms with E-state index in [-0.39, 0.29) is 12.1 Å². The Bertz CT molecular complexity index is 476. The third-order valence-corrected chi connectivity index (χ3v) is 4.31. The van der Waals surface area contributed by atoms with Crippen LogP contribution in [0.15, 0.2) is 18.2 Å². The van der Waals surface area contributed by atoms with E-state index in [4.69, 9.17) is 0 Å². The zero-order chi connectivity index (χ0) is 15.2. The van der Waals surface area contributed by atoms with Crippen molar-refractivity contribution >= 4 is 5.97 Å². The molecular weight excluding hydrogens is 264 g/mol. The first-order chi connectivity index (χ1) is 10.1. The van der Waals surface area contributed by atoms with Gasteiger partial charge in [0.15, 0.2) is 0 Å². The number of hydrogen-bond acceptors (Lipinski definition) is 3. The number of hydrogen-bond donors (Lipinski definition) is 1. The Balaban J connectivity index is 2.27. The number of carboxylic acids is 1. The summed E-state index contributed by atoms with van der Waals surface area (Å²) in [5.41, 5.74) is 2.02. The van der Waals surface area contributed by atoms with Gasteiger partial charge in [0.2, 0.25) is 0 Å². The van der Waals surface area contributed by atoms with E-state index in [9.17, 15) is 9.90 Å². The predicted octanol–water partition coefficient (Wildman–Crippen LogP) is 3.56. The lowest BCUT2D eigenvalue weighted by Crippen LogP contribution is -2.46. The summed E-state index contributed by atoms with van der Waals surface area (Å²) in [6, 6.07) is 5.83. The van der Waals surface area contributed by atoms with Crippen molar-refractivity contribution in [3.63, 3.8) is 0 Å². The Morgan fingerprint density at radius 3 is 2.95 bits per heavy atom. The van der Waals surface area contributed by atoms with Gasteiger partial charge >= 0.3 is 5.97 Å². The van der Waals surface area contributed by atoms with Gasteiger partial charge < -0.3 is 5.11 Å². The van der Waals surface area contributed by atoms with Gasteiger partial charge in [0.25, 0.3) is 0 Å². The van der Waals surface area contributed by atoms with E-state index in [1.807, 2.05) is 25.1 Å². The Kier molecular flexibility index (Phi) is 5.74. The van der Waals surface area contributed by atoms with Crippen LogP contribution in [0.1, 0.15) is 62.9 Å². The van der Waals surface area contributed by atoms with Crippen molar-refractivity contribution in [2.75, 3.05) is 6.54 Å². The first kappa shape index (κ1) is 16.0. The number of carboxylic acid groups (broad SMARTS) is 1. The molecule has 1 aromatic heterocycles. The van der Waals surface area contributed by atoms with Crippen molar-refractivity contribution in [1.29, 1.82) is 0 Å². The number of carbonyl (C=O) groups is 1. The first-order valence-corrected chi connectivity index (χ1v) is 8.05. The third kappa shape index (κ3) is 4.03. The molecule has 0 saturated carbocycles. The lowest BCUT2D eigenvalue weighted by atomic mass is 9.95. The van der Waals surface area contributed by atoms with Crippen LogP contribution in [0.2, 0.25) is 0 Å². The van der Waals surface area contributed by atoms with Crippen molar-refractivity contribution in [3.05, 3.63) is 29.6 Å². The number of unbranched alkanes of at least 4 members (excludes halogenated alkanes) is 1. The summed E-state index contributed by atoms with van der Waals surface area (Å²) in [7, 11) is 0. The molecule has 1 N–H and O–H groups in total. The van der Waals surface area contributed by atoms with Gasteiger partial charge in [0.05, 0.1) is 11.7 Å². The number of nitrogens with zero attached hydrogens (tertiary/aromatic N) is 2. The molecule has 0 radical (unpaired) electrons. The van der Waals surface area contributed by atoms with Crippen LogP contribution in [0, 0.1) is 6.92 Å². The van der Waals surface area contributed by atoms with Crippen LogP contribution in [0.5, 0.6) is 0 Å². The van der Waals surface area contributed by atoms with Crippen LogP contribution in [-0.2, 0) is 4.79 Å². The number of rotatable bonds is 6. The van der Waals surface area contributed by atoms with Crippen LogP contribution in [-0.4, -0.2) is 33.5 Å². The number of aromatic nitrogens is 1. The minimum atomic E-state index is -0.691. The smallest absolute Gasteiger partial charge is 0.320 e. The fourth-order valence-electron chi connectivity index (χ4n) is 3.22. The van der Waals surface area contributed by atoms with Gasteiger partial charge in [-0.1, -0.05) is 32.3 Å². The van der Waals surface area contributed by atoms with E-state index in [2.05, 4.69) is 16.8 Å². The van der Waals surface area contributed by atoms with Crippen molar-refractivity contribution in [2.45, 2.75) is 64.5 Å². The molecule has 2 atom stereocenters. The maximum atomic E-state index is 11.6. The van der Waals surface area contributed by atoms with Crippen LogP contribution in [0.25, 0.3) is 0 Å². The summed E-state index contributed by atoms with van der Waals surface area (Å²) in [6.07, 6.45) is 6.05. The van der Waals surface area contributed by atoms with Crippen molar-refractivity contribution < 1.29 is 9.90 Å². The Morgan fingerprint density at radius 1 is 1.48 bits per heavy atom. The molecular formula is C17H26N2O2. The maximum absolute atomic E-state index is 11.6. The zero-order valence-corrected chi connectivity index (χ0v) is 13.1. The molecule has 1 aliphatic heterocycles. The summed E-state index contributed by atoms with van der Waals surface area (Å²) in [6.45, 7) is 5.03. The van der Waals surface area contributed by atoms with Crippen molar-refractivity contribution in [1.82, 2.24) is 9.88 Å². The Labute approximate surface area is 127 Å². The molecule has 0 amide bonds. The van der Waals surface area contributed by atoms with Crippen molar-refractivity contribution in [3.8, 4) is 0 Å². The quantitative estimate of drug-likeness (QED) is 0.870.